The Morgan fingerprint density at radius 2 is 1.91 bits per heavy atom. The van der Waals surface area contributed by atoms with Crippen LogP contribution in [0.3, 0.4) is 0 Å². The molecule has 0 bridgehead atoms. The van der Waals surface area contributed by atoms with Crippen molar-refractivity contribution in [2.24, 2.45) is 10.2 Å². The molecule has 44 heavy (non-hydrogen) atoms. The third-order valence-electron chi connectivity index (χ3n) is 8.14. The minimum atomic E-state index is -2.66. The first-order valence-corrected chi connectivity index (χ1v) is 15.8. The van der Waals surface area contributed by atoms with Crippen LogP contribution >= 0.6 is 11.8 Å². The Hall–Kier alpha value is -3.90. The Balaban J connectivity index is 1.18. The highest BCUT2D eigenvalue weighted by atomic mass is 32.2. The van der Waals surface area contributed by atoms with E-state index in [2.05, 4.69) is 34.5 Å². The van der Waals surface area contributed by atoms with Crippen LogP contribution in [-0.4, -0.2) is 57.3 Å². The van der Waals surface area contributed by atoms with Gasteiger partial charge < -0.3 is 10.1 Å². The number of ether oxygens (including phenoxy) is 1. The van der Waals surface area contributed by atoms with Gasteiger partial charge in [-0.05, 0) is 48.1 Å². The number of alkyl halides is 2. The van der Waals surface area contributed by atoms with Gasteiger partial charge >= 0.3 is 0 Å². The summed E-state index contributed by atoms with van der Waals surface area (Å²) in [7, 11) is 0. The van der Waals surface area contributed by atoms with Crippen LogP contribution in [0, 0.1) is 0 Å². The average molecular weight is 621 g/mol. The molecule has 0 radical (unpaired) electrons. The van der Waals surface area contributed by atoms with E-state index in [9.17, 15) is 18.4 Å². The molecule has 9 nitrogen and oxygen atoms in total. The molecule has 1 aliphatic carbocycles. The summed E-state index contributed by atoms with van der Waals surface area (Å²) in [4.78, 5) is 27.6. The normalized spacial score (nSPS) is 19.7. The van der Waals surface area contributed by atoms with Crippen LogP contribution in [-0.2, 0) is 22.6 Å². The van der Waals surface area contributed by atoms with Gasteiger partial charge in [0, 0.05) is 30.9 Å². The summed E-state index contributed by atoms with van der Waals surface area (Å²) >= 11 is 1.36. The molecule has 6 rings (SSSR count). The van der Waals surface area contributed by atoms with Crippen molar-refractivity contribution in [1.29, 1.82) is 0 Å². The van der Waals surface area contributed by atoms with Gasteiger partial charge in [0.2, 0.25) is 11.8 Å². The fraction of sp³-hybridized carbons (Fsp3) is 0.406. The maximum absolute atomic E-state index is 13.6. The second kappa shape index (κ2) is 12.6. The van der Waals surface area contributed by atoms with E-state index in [1.165, 1.54) is 11.8 Å². The highest BCUT2D eigenvalue weighted by Crippen LogP contribution is 2.34. The second-order valence-electron chi connectivity index (χ2n) is 11.5. The van der Waals surface area contributed by atoms with E-state index in [1.54, 1.807) is 15.8 Å². The van der Waals surface area contributed by atoms with Gasteiger partial charge in [-0.15, -0.1) is 5.10 Å². The van der Waals surface area contributed by atoms with Gasteiger partial charge in [0.1, 0.15) is 0 Å². The van der Waals surface area contributed by atoms with E-state index in [0.717, 1.165) is 33.8 Å². The first-order chi connectivity index (χ1) is 21.2. The third-order valence-corrected chi connectivity index (χ3v) is 9.05. The van der Waals surface area contributed by atoms with Crippen LogP contribution in [0.1, 0.15) is 78.3 Å². The van der Waals surface area contributed by atoms with Gasteiger partial charge in [-0.1, -0.05) is 55.9 Å². The number of hydrogen-bond acceptors (Lipinski definition) is 7. The summed E-state index contributed by atoms with van der Waals surface area (Å²) in [6.45, 7) is 4.97. The summed E-state index contributed by atoms with van der Waals surface area (Å²) in [5.41, 5.74) is 5.37. The lowest BCUT2D eigenvalue weighted by atomic mass is 9.92. The van der Waals surface area contributed by atoms with Gasteiger partial charge in [0.15, 0.2) is 10.9 Å². The Kier molecular flexibility index (Phi) is 8.64. The molecule has 3 aromatic rings. The fourth-order valence-electron chi connectivity index (χ4n) is 5.77. The van der Waals surface area contributed by atoms with Crippen molar-refractivity contribution in [1.82, 2.24) is 15.1 Å². The number of nitrogens with one attached hydrogen (secondary N) is 1. The van der Waals surface area contributed by atoms with Crippen LogP contribution in [0.15, 0.2) is 58.7 Å². The number of carbonyl (C=O) groups is 2. The number of aromatic nitrogens is 2. The zero-order valence-electron chi connectivity index (χ0n) is 24.6. The van der Waals surface area contributed by atoms with E-state index in [1.807, 2.05) is 48.5 Å². The molecule has 3 aliphatic rings. The lowest BCUT2D eigenvalue weighted by Gasteiger charge is -2.28. The Morgan fingerprint density at radius 1 is 1.16 bits per heavy atom. The molecule has 2 aliphatic heterocycles. The summed E-state index contributed by atoms with van der Waals surface area (Å²) in [5, 5.41) is 16.8. The van der Waals surface area contributed by atoms with Gasteiger partial charge in [0.25, 0.3) is 5.91 Å². The van der Waals surface area contributed by atoms with Gasteiger partial charge in [0.05, 0.1) is 42.2 Å². The number of halogens is 2. The van der Waals surface area contributed by atoms with Gasteiger partial charge in [-0.2, -0.15) is 10.2 Å². The minimum absolute atomic E-state index is 0.0253. The molecule has 2 amide bonds. The standard InChI is InChI=1S/C32H34F2N6O3S/c1-20(2)24-5-3-4-6-26(24)39-28(41)19-44-31(39)37-35-17-21-7-9-23(10-8-21)40-27-13-16-43-18-25(27)29(38-40)30(42)36-22-11-14-32(33,34)15-12-22/h3-10,17,20,22H,11-16,18-19H2,1-2H3,(H,36,42). The van der Waals surface area contributed by atoms with E-state index in [-0.39, 0.29) is 61.8 Å². The summed E-state index contributed by atoms with van der Waals surface area (Å²) in [6.07, 6.45) is 2.26. The van der Waals surface area contributed by atoms with E-state index >= 15 is 0 Å². The highest BCUT2D eigenvalue weighted by Gasteiger charge is 2.36. The molecular formula is C32H34F2N6O3S. The Morgan fingerprint density at radius 3 is 2.66 bits per heavy atom. The third kappa shape index (κ3) is 6.32. The smallest absolute Gasteiger partial charge is 0.272 e. The number of benzene rings is 2. The number of amidine groups is 1. The maximum Gasteiger partial charge on any atom is 0.272 e. The molecule has 0 unspecified atom stereocenters. The predicted octanol–water partition coefficient (Wildman–Crippen LogP) is 5.85. The van der Waals surface area contributed by atoms with Crippen molar-refractivity contribution in [2.45, 2.75) is 70.4 Å². The molecule has 1 N–H and O–H groups in total. The predicted molar refractivity (Wildman–Crippen MR) is 167 cm³/mol. The molecule has 1 saturated heterocycles. The molecule has 0 atom stereocenters. The van der Waals surface area contributed by atoms with Crippen molar-refractivity contribution in [2.75, 3.05) is 17.3 Å². The largest absolute Gasteiger partial charge is 0.376 e. The lowest BCUT2D eigenvalue weighted by molar-refractivity contribution is -0.115. The van der Waals surface area contributed by atoms with Crippen molar-refractivity contribution < 1.29 is 23.1 Å². The number of thioether (sulfide) groups is 1. The van der Waals surface area contributed by atoms with Crippen LogP contribution in [0.2, 0.25) is 0 Å². The SMILES string of the molecule is CC(C)c1ccccc1N1C(=O)CSC1=NN=Cc1ccc(-n2nc(C(=O)NC3CCC(F)(F)CC3)c3c2CCOC3)cc1. The fourth-order valence-corrected chi connectivity index (χ4v) is 6.59. The number of amides is 2. The first kappa shape index (κ1) is 30.1. The van der Waals surface area contributed by atoms with E-state index in [4.69, 9.17) is 4.74 Å². The van der Waals surface area contributed by atoms with E-state index < -0.39 is 5.92 Å². The molecule has 2 fully saturated rings. The maximum atomic E-state index is 13.6. The van der Waals surface area contributed by atoms with Gasteiger partial charge in [-0.3, -0.25) is 14.5 Å². The van der Waals surface area contributed by atoms with Crippen LogP contribution in [0.4, 0.5) is 14.5 Å². The molecule has 2 aromatic carbocycles. The monoisotopic (exact) mass is 620 g/mol. The molecule has 1 aromatic heterocycles. The van der Waals surface area contributed by atoms with Crippen molar-refractivity contribution >= 4 is 40.6 Å². The van der Waals surface area contributed by atoms with Crippen molar-refractivity contribution in [3.63, 3.8) is 0 Å². The number of rotatable bonds is 7. The number of para-hydroxylation sites is 1. The summed E-state index contributed by atoms with van der Waals surface area (Å²) in [5.74, 6) is -2.49. The Labute approximate surface area is 258 Å². The topological polar surface area (TPSA) is 101 Å². The minimum Gasteiger partial charge on any atom is -0.376 e. The molecule has 0 spiro atoms. The van der Waals surface area contributed by atoms with E-state index in [0.29, 0.717) is 23.9 Å². The van der Waals surface area contributed by atoms with Crippen LogP contribution < -0.4 is 10.2 Å². The number of hydrogen-bond donors (Lipinski definition) is 1. The number of anilines is 1. The first-order valence-electron chi connectivity index (χ1n) is 14.8. The summed E-state index contributed by atoms with van der Waals surface area (Å²) in [6, 6.07) is 15.1. The van der Waals surface area contributed by atoms with Crippen molar-refractivity contribution in [3.05, 3.63) is 76.6 Å². The Bertz CT molecular complexity index is 1610. The molecular weight excluding hydrogens is 586 g/mol. The lowest BCUT2D eigenvalue weighted by Crippen LogP contribution is -2.40. The van der Waals surface area contributed by atoms with Crippen molar-refractivity contribution in [3.8, 4) is 5.69 Å². The average Bonchev–Trinajstić information content (AvgIpc) is 3.59. The quantitative estimate of drug-likeness (QED) is 0.264. The highest BCUT2D eigenvalue weighted by molar-refractivity contribution is 8.15. The zero-order chi connectivity index (χ0) is 30.8. The van der Waals surface area contributed by atoms with Crippen LogP contribution in [0.25, 0.3) is 5.69 Å². The number of carbonyl (C=O) groups excluding carboxylic acids is 2. The number of fused-ring (bicyclic) bond motifs is 1. The molecule has 230 valence electrons. The van der Waals surface area contributed by atoms with Gasteiger partial charge in [-0.25, -0.2) is 13.5 Å². The van der Waals surface area contributed by atoms with Crippen LogP contribution in [0.5, 0.6) is 0 Å². The molecule has 12 heteroatoms. The zero-order valence-corrected chi connectivity index (χ0v) is 25.4. The molecule has 3 heterocycles. The second-order valence-corrected chi connectivity index (χ2v) is 12.5. The number of nitrogens with zero attached hydrogens (tertiary/aromatic N) is 5. The summed E-state index contributed by atoms with van der Waals surface area (Å²) < 4.78 is 34.5. The molecule has 1 saturated carbocycles.